The standard InChI is InChI=1S/C14H21BrN2O2/c1-14(2,13(16)17-18)8-3-4-9-19-12-7-5-6-11(15)10-12/h5-7,10,18H,3-4,8-9H2,1-2H3,(H2,16,17). The van der Waals surface area contributed by atoms with E-state index in [-0.39, 0.29) is 11.3 Å². The molecule has 0 radical (unpaired) electrons. The van der Waals surface area contributed by atoms with Gasteiger partial charge in [0.1, 0.15) is 11.6 Å². The lowest BCUT2D eigenvalue weighted by Crippen LogP contribution is -2.31. The molecule has 0 aromatic heterocycles. The Kier molecular flexibility index (Phi) is 6.15. The number of halogens is 1. The summed E-state index contributed by atoms with van der Waals surface area (Å²) in [6, 6.07) is 7.79. The average molecular weight is 329 g/mol. The largest absolute Gasteiger partial charge is 0.494 e. The van der Waals surface area contributed by atoms with Crippen LogP contribution in [-0.4, -0.2) is 17.6 Å². The first-order valence-electron chi connectivity index (χ1n) is 6.32. The summed E-state index contributed by atoms with van der Waals surface area (Å²) >= 11 is 3.40. The molecule has 0 unspecified atom stereocenters. The van der Waals surface area contributed by atoms with Crippen molar-refractivity contribution in [3.63, 3.8) is 0 Å². The Balaban J connectivity index is 2.25. The fourth-order valence-electron chi connectivity index (χ4n) is 1.68. The second-order valence-electron chi connectivity index (χ2n) is 5.13. The minimum Gasteiger partial charge on any atom is -0.494 e. The Morgan fingerprint density at radius 2 is 2.16 bits per heavy atom. The maximum atomic E-state index is 8.68. The molecule has 0 amide bonds. The van der Waals surface area contributed by atoms with Crippen molar-refractivity contribution < 1.29 is 9.94 Å². The van der Waals surface area contributed by atoms with Crippen LogP contribution in [0.2, 0.25) is 0 Å². The van der Waals surface area contributed by atoms with E-state index in [1.165, 1.54) is 0 Å². The van der Waals surface area contributed by atoms with Crippen LogP contribution in [0.1, 0.15) is 33.1 Å². The minimum atomic E-state index is -0.273. The summed E-state index contributed by atoms with van der Waals surface area (Å²) in [6.45, 7) is 4.61. The molecule has 5 heteroatoms. The summed E-state index contributed by atoms with van der Waals surface area (Å²) in [4.78, 5) is 0. The Hall–Kier alpha value is -1.23. The zero-order valence-electron chi connectivity index (χ0n) is 11.4. The quantitative estimate of drug-likeness (QED) is 0.263. The molecule has 106 valence electrons. The van der Waals surface area contributed by atoms with Crippen LogP contribution in [0.3, 0.4) is 0 Å². The van der Waals surface area contributed by atoms with Crippen LogP contribution in [0.15, 0.2) is 33.9 Å². The SMILES string of the molecule is CC(C)(CCCCOc1cccc(Br)c1)/C(N)=N/O. The van der Waals surface area contributed by atoms with Crippen LogP contribution in [0.4, 0.5) is 0 Å². The van der Waals surface area contributed by atoms with E-state index in [1.807, 2.05) is 38.1 Å². The topological polar surface area (TPSA) is 67.8 Å². The second kappa shape index (κ2) is 7.38. The number of hydrogen-bond acceptors (Lipinski definition) is 3. The van der Waals surface area contributed by atoms with Gasteiger partial charge in [-0.15, -0.1) is 0 Å². The van der Waals surface area contributed by atoms with Crippen molar-refractivity contribution in [1.29, 1.82) is 0 Å². The van der Waals surface area contributed by atoms with E-state index >= 15 is 0 Å². The lowest BCUT2D eigenvalue weighted by molar-refractivity contribution is 0.288. The number of nitrogens with zero attached hydrogens (tertiary/aromatic N) is 1. The zero-order chi connectivity index (χ0) is 14.3. The highest BCUT2D eigenvalue weighted by molar-refractivity contribution is 9.10. The van der Waals surface area contributed by atoms with Crippen molar-refractivity contribution >= 4 is 21.8 Å². The van der Waals surface area contributed by atoms with Gasteiger partial charge in [-0.25, -0.2) is 0 Å². The number of rotatable bonds is 7. The third-order valence-corrected chi connectivity index (χ3v) is 3.56. The third-order valence-electron chi connectivity index (χ3n) is 3.06. The van der Waals surface area contributed by atoms with E-state index in [2.05, 4.69) is 21.1 Å². The van der Waals surface area contributed by atoms with E-state index in [0.29, 0.717) is 6.61 Å². The number of ether oxygens (including phenoxy) is 1. The van der Waals surface area contributed by atoms with Crippen molar-refractivity contribution in [2.24, 2.45) is 16.3 Å². The summed E-state index contributed by atoms with van der Waals surface area (Å²) in [7, 11) is 0. The van der Waals surface area contributed by atoms with Gasteiger partial charge in [0.15, 0.2) is 0 Å². The van der Waals surface area contributed by atoms with Crippen LogP contribution >= 0.6 is 15.9 Å². The molecule has 3 N–H and O–H groups in total. The van der Waals surface area contributed by atoms with Crippen molar-refractivity contribution in [2.45, 2.75) is 33.1 Å². The maximum absolute atomic E-state index is 8.68. The molecule has 1 rings (SSSR count). The zero-order valence-corrected chi connectivity index (χ0v) is 13.0. The minimum absolute atomic E-state index is 0.273. The average Bonchev–Trinajstić information content (AvgIpc) is 2.37. The van der Waals surface area contributed by atoms with E-state index in [1.54, 1.807) is 0 Å². The molecule has 0 aliphatic carbocycles. The normalized spacial score (nSPS) is 12.5. The van der Waals surface area contributed by atoms with Crippen LogP contribution in [0, 0.1) is 5.41 Å². The predicted molar refractivity (Wildman–Crippen MR) is 80.7 cm³/mol. The molecule has 4 nitrogen and oxygen atoms in total. The molecule has 0 spiro atoms. The molecule has 19 heavy (non-hydrogen) atoms. The monoisotopic (exact) mass is 328 g/mol. The summed E-state index contributed by atoms with van der Waals surface area (Å²) < 4.78 is 6.66. The number of amidine groups is 1. The molecule has 0 fully saturated rings. The van der Waals surface area contributed by atoms with Crippen LogP contribution < -0.4 is 10.5 Å². The summed E-state index contributed by atoms with van der Waals surface area (Å²) in [6.07, 6.45) is 2.77. The van der Waals surface area contributed by atoms with Gasteiger partial charge in [-0.1, -0.05) is 41.0 Å². The molecule has 0 saturated carbocycles. The highest BCUT2D eigenvalue weighted by Crippen LogP contribution is 2.23. The van der Waals surface area contributed by atoms with E-state index < -0.39 is 0 Å². The predicted octanol–water partition coefficient (Wildman–Crippen LogP) is 3.77. The second-order valence-corrected chi connectivity index (χ2v) is 6.05. The maximum Gasteiger partial charge on any atom is 0.144 e. The summed E-state index contributed by atoms with van der Waals surface area (Å²) in [5, 5.41) is 11.8. The first-order chi connectivity index (χ1) is 8.95. The highest BCUT2D eigenvalue weighted by atomic mass is 79.9. The Morgan fingerprint density at radius 1 is 1.42 bits per heavy atom. The first-order valence-corrected chi connectivity index (χ1v) is 7.11. The smallest absolute Gasteiger partial charge is 0.144 e. The number of unbranched alkanes of at least 4 members (excludes halogenated alkanes) is 1. The van der Waals surface area contributed by atoms with Crippen molar-refractivity contribution in [1.82, 2.24) is 0 Å². The van der Waals surface area contributed by atoms with Crippen LogP contribution in [-0.2, 0) is 0 Å². The molecule has 1 aromatic rings. The van der Waals surface area contributed by atoms with E-state index in [0.717, 1.165) is 29.5 Å². The third kappa shape index (κ3) is 5.51. The Morgan fingerprint density at radius 3 is 2.79 bits per heavy atom. The molecule has 0 atom stereocenters. The van der Waals surface area contributed by atoms with Crippen molar-refractivity contribution in [3.05, 3.63) is 28.7 Å². The fourth-order valence-corrected chi connectivity index (χ4v) is 2.06. The van der Waals surface area contributed by atoms with E-state index in [9.17, 15) is 0 Å². The molecule has 0 heterocycles. The van der Waals surface area contributed by atoms with Crippen LogP contribution in [0.25, 0.3) is 0 Å². The molecule has 0 aliphatic rings. The van der Waals surface area contributed by atoms with Gasteiger partial charge in [-0.3, -0.25) is 0 Å². The summed E-state index contributed by atoms with van der Waals surface area (Å²) in [5.41, 5.74) is 5.36. The Labute approximate surface area is 122 Å². The van der Waals surface area contributed by atoms with Crippen molar-refractivity contribution in [3.8, 4) is 5.75 Å². The summed E-state index contributed by atoms with van der Waals surface area (Å²) in [5.74, 6) is 1.14. The van der Waals surface area contributed by atoms with Gasteiger partial charge in [0.2, 0.25) is 0 Å². The number of hydrogen-bond donors (Lipinski definition) is 2. The lowest BCUT2D eigenvalue weighted by atomic mass is 9.86. The van der Waals surface area contributed by atoms with Gasteiger partial charge in [-0.05, 0) is 37.5 Å². The molecule has 0 aliphatic heterocycles. The van der Waals surface area contributed by atoms with Gasteiger partial charge in [0.25, 0.3) is 0 Å². The first kappa shape index (κ1) is 15.8. The highest BCUT2D eigenvalue weighted by Gasteiger charge is 2.22. The van der Waals surface area contributed by atoms with Gasteiger partial charge >= 0.3 is 0 Å². The van der Waals surface area contributed by atoms with E-state index in [4.69, 9.17) is 15.7 Å². The van der Waals surface area contributed by atoms with Gasteiger partial charge in [-0.2, -0.15) is 0 Å². The molecule has 0 saturated heterocycles. The molecule has 0 bridgehead atoms. The Bertz CT molecular complexity index is 433. The molecule has 1 aromatic carbocycles. The fraction of sp³-hybridized carbons (Fsp3) is 0.500. The van der Waals surface area contributed by atoms with Gasteiger partial charge in [0.05, 0.1) is 6.61 Å². The molecular formula is C14H21BrN2O2. The number of benzene rings is 1. The number of nitrogens with two attached hydrogens (primary N) is 1. The molecular weight excluding hydrogens is 308 g/mol. The lowest BCUT2D eigenvalue weighted by Gasteiger charge is -2.22. The van der Waals surface area contributed by atoms with Crippen molar-refractivity contribution in [2.75, 3.05) is 6.61 Å². The number of oxime groups is 1. The van der Waals surface area contributed by atoms with Crippen LogP contribution in [0.5, 0.6) is 5.75 Å². The van der Waals surface area contributed by atoms with Gasteiger partial charge in [0, 0.05) is 9.89 Å². The van der Waals surface area contributed by atoms with Gasteiger partial charge < -0.3 is 15.7 Å².